The molecule has 0 spiro atoms. The van der Waals surface area contributed by atoms with Crippen molar-refractivity contribution in [3.63, 3.8) is 0 Å². The van der Waals surface area contributed by atoms with Crippen LogP contribution >= 0.6 is 23.2 Å². The summed E-state index contributed by atoms with van der Waals surface area (Å²) in [4.78, 5) is 17.0. The van der Waals surface area contributed by atoms with E-state index in [1.807, 2.05) is 65.2 Å². The van der Waals surface area contributed by atoms with E-state index in [0.717, 1.165) is 22.5 Å². The number of hydrogen-bond acceptors (Lipinski definition) is 3. The van der Waals surface area contributed by atoms with Crippen molar-refractivity contribution in [2.75, 3.05) is 0 Å². The van der Waals surface area contributed by atoms with Crippen molar-refractivity contribution in [2.24, 2.45) is 5.10 Å². The molecule has 7 heteroatoms. The number of halogens is 2. The predicted molar refractivity (Wildman–Crippen MR) is 130 cm³/mol. The largest absolute Gasteiger partial charge is 0.330 e. The molecular formula is C25H20Cl2N4O. The number of aromatic nitrogens is 2. The number of hydrogen-bond donors (Lipinski definition) is 1. The Balaban J connectivity index is 1.48. The molecule has 3 aromatic carbocycles. The minimum absolute atomic E-state index is 0.208. The number of imidazole rings is 1. The lowest BCUT2D eigenvalue weighted by atomic mass is 10.0. The molecule has 0 unspecified atom stereocenters. The van der Waals surface area contributed by atoms with Gasteiger partial charge in [0.15, 0.2) is 0 Å². The smallest absolute Gasteiger partial charge is 0.241 e. The molecule has 32 heavy (non-hydrogen) atoms. The van der Waals surface area contributed by atoms with Gasteiger partial charge in [-0.2, -0.15) is 5.10 Å². The lowest BCUT2D eigenvalue weighted by Crippen LogP contribution is -2.19. The summed E-state index contributed by atoms with van der Waals surface area (Å²) >= 11 is 12.0. The summed E-state index contributed by atoms with van der Waals surface area (Å²) in [5, 5.41) is 5.01. The molecule has 0 saturated heterocycles. The van der Waals surface area contributed by atoms with E-state index in [0.29, 0.717) is 22.2 Å². The Morgan fingerprint density at radius 3 is 2.34 bits per heavy atom. The molecule has 0 radical (unpaired) electrons. The molecule has 1 aromatic heterocycles. The molecule has 0 bridgehead atoms. The minimum atomic E-state index is -0.208. The Morgan fingerprint density at radius 1 is 0.969 bits per heavy atom. The average Bonchev–Trinajstić information content (AvgIpc) is 3.24. The van der Waals surface area contributed by atoms with Gasteiger partial charge in [0.25, 0.3) is 0 Å². The number of hydrazone groups is 1. The lowest BCUT2D eigenvalue weighted by Gasteiger charge is -2.10. The third kappa shape index (κ3) is 5.25. The number of aryl methyl sites for hydroxylation is 1. The van der Waals surface area contributed by atoms with Crippen LogP contribution in [0.2, 0.25) is 10.0 Å². The highest BCUT2D eigenvalue weighted by atomic mass is 35.5. The number of nitrogens with one attached hydrogen (secondary N) is 1. The number of amides is 1. The van der Waals surface area contributed by atoms with Gasteiger partial charge in [-0.1, -0.05) is 89.9 Å². The Bertz CT molecular complexity index is 1240. The van der Waals surface area contributed by atoms with Crippen LogP contribution in [0.3, 0.4) is 0 Å². The van der Waals surface area contributed by atoms with E-state index in [1.54, 1.807) is 24.5 Å². The predicted octanol–water partition coefficient (Wildman–Crippen LogP) is 6.06. The Labute approximate surface area is 196 Å². The monoisotopic (exact) mass is 462 g/mol. The second-order valence-electron chi connectivity index (χ2n) is 7.08. The topological polar surface area (TPSA) is 59.3 Å². The van der Waals surface area contributed by atoms with Crippen molar-refractivity contribution in [1.82, 2.24) is 15.0 Å². The standard InChI is InChI=1S/C25H20Cl2N4O/c26-21-12-11-20(22(27)15-21)16-29-30-23(32)13-14-31-17-28-24(18-7-3-1-4-8-18)25(31)19-9-5-2-6-10-19/h1-12,15-17H,13-14H2,(H,30,32)/b29-16-. The Kier molecular flexibility index (Phi) is 7.00. The van der Waals surface area contributed by atoms with Crippen LogP contribution in [0.4, 0.5) is 0 Å². The first-order chi connectivity index (χ1) is 15.6. The van der Waals surface area contributed by atoms with Crippen LogP contribution in [-0.2, 0) is 11.3 Å². The second kappa shape index (κ2) is 10.3. The summed E-state index contributed by atoms with van der Waals surface area (Å²) < 4.78 is 2.00. The van der Waals surface area contributed by atoms with Gasteiger partial charge in [0.2, 0.25) is 5.91 Å². The van der Waals surface area contributed by atoms with E-state index < -0.39 is 0 Å². The third-order valence-electron chi connectivity index (χ3n) is 4.87. The number of carbonyl (C=O) groups is 1. The highest BCUT2D eigenvalue weighted by Crippen LogP contribution is 2.31. The normalized spacial score (nSPS) is 11.1. The first-order valence-corrected chi connectivity index (χ1v) is 10.8. The van der Waals surface area contributed by atoms with Crippen LogP contribution in [0.5, 0.6) is 0 Å². The van der Waals surface area contributed by atoms with Crippen LogP contribution < -0.4 is 5.43 Å². The Morgan fingerprint density at radius 2 is 1.66 bits per heavy atom. The van der Waals surface area contributed by atoms with Gasteiger partial charge in [0.1, 0.15) is 0 Å². The highest BCUT2D eigenvalue weighted by Gasteiger charge is 2.15. The zero-order chi connectivity index (χ0) is 22.3. The summed E-state index contributed by atoms with van der Waals surface area (Å²) in [6.45, 7) is 0.465. The van der Waals surface area contributed by atoms with E-state index in [2.05, 4.69) is 15.5 Å². The zero-order valence-corrected chi connectivity index (χ0v) is 18.6. The van der Waals surface area contributed by atoms with Crippen LogP contribution in [0.15, 0.2) is 90.3 Å². The number of carbonyl (C=O) groups excluding carboxylic acids is 1. The molecule has 0 aliphatic heterocycles. The van der Waals surface area contributed by atoms with Crippen molar-refractivity contribution >= 4 is 35.3 Å². The summed E-state index contributed by atoms with van der Waals surface area (Å²) in [5.74, 6) is -0.208. The van der Waals surface area contributed by atoms with Gasteiger partial charge in [-0.15, -0.1) is 0 Å². The highest BCUT2D eigenvalue weighted by molar-refractivity contribution is 6.36. The van der Waals surface area contributed by atoms with Gasteiger partial charge in [0.05, 0.1) is 29.0 Å². The van der Waals surface area contributed by atoms with Gasteiger partial charge in [-0.3, -0.25) is 4.79 Å². The lowest BCUT2D eigenvalue weighted by molar-refractivity contribution is -0.121. The number of benzene rings is 3. The molecule has 0 fully saturated rings. The van der Waals surface area contributed by atoms with Crippen molar-refractivity contribution in [3.05, 3.63) is 101 Å². The average molecular weight is 463 g/mol. The molecule has 1 N–H and O–H groups in total. The summed E-state index contributed by atoms with van der Waals surface area (Å²) in [6.07, 6.45) is 3.52. The molecule has 0 aliphatic rings. The molecular weight excluding hydrogens is 443 g/mol. The van der Waals surface area contributed by atoms with Crippen LogP contribution in [0, 0.1) is 0 Å². The van der Waals surface area contributed by atoms with Crippen molar-refractivity contribution in [3.8, 4) is 22.5 Å². The van der Waals surface area contributed by atoms with E-state index in [4.69, 9.17) is 23.2 Å². The van der Waals surface area contributed by atoms with Gasteiger partial charge in [-0.05, 0) is 12.1 Å². The number of nitrogens with zero attached hydrogens (tertiary/aromatic N) is 3. The second-order valence-corrected chi connectivity index (χ2v) is 7.92. The third-order valence-corrected chi connectivity index (χ3v) is 5.43. The van der Waals surface area contributed by atoms with Gasteiger partial charge in [-0.25, -0.2) is 10.4 Å². The SMILES string of the molecule is O=C(CCn1cnc(-c2ccccc2)c1-c1ccccc1)N/N=C\c1ccc(Cl)cc1Cl. The molecule has 1 heterocycles. The molecule has 0 aliphatic carbocycles. The quantitative estimate of drug-likeness (QED) is 0.267. The first-order valence-electron chi connectivity index (χ1n) is 10.0. The minimum Gasteiger partial charge on any atom is -0.330 e. The molecule has 4 rings (SSSR count). The summed E-state index contributed by atoms with van der Waals surface area (Å²) in [6, 6.07) is 25.1. The summed E-state index contributed by atoms with van der Waals surface area (Å²) in [5.41, 5.74) is 7.14. The fourth-order valence-corrected chi connectivity index (χ4v) is 3.77. The maximum Gasteiger partial charge on any atom is 0.241 e. The van der Waals surface area contributed by atoms with Gasteiger partial charge < -0.3 is 4.57 Å². The van der Waals surface area contributed by atoms with Crippen LogP contribution in [-0.4, -0.2) is 21.7 Å². The van der Waals surface area contributed by atoms with E-state index in [9.17, 15) is 4.79 Å². The van der Waals surface area contributed by atoms with Gasteiger partial charge in [0, 0.05) is 34.7 Å². The van der Waals surface area contributed by atoms with E-state index in [1.165, 1.54) is 6.21 Å². The van der Waals surface area contributed by atoms with Crippen LogP contribution in [0.1, 0.15) is 12.0 Å². The van der Waals surface area contributed by atoms with Gasteiger partial charge >= 0.3 is 0 Å². The molecule has 1 amide bonds. The molecule has 4 aromatic rings. The van der Waals surface area contributed by atoms with Crippen molar-refractivity contribution in [2.45, 2.75) is 13.0 Å². The zero-order valence-electron chi connectivity index (χ0n) is 17.1. The molecule has 5 nitrogen and oxygen atoms in total. The molecule has 0 saturated carbocycles. The van der Waals surface area contributed by atoms with Crippen molar-refractivity contribution < 1.29 is 4.79 Å². The fourth-order valence-electron chi connectivity index (χ4n) is 3.32. The maximum atomic E-state index is 12.4. The van der Waals surface area contributed by atoms with E-state index >= 15 is 0 Å². The number of rotatable bonds is 7. The molecule has 160 valence electrons. The fraction of sp³-hybridized carbons (Fsp3) is 0.0800. The van der Waals surface area contributed by atoms with Crippen molar-refractivity contribution in [1.29, 1.82) is 0 Å². The van der Waals surface area contributed by atoms with Crippen LogP contribution in [0.25, 0.3) is 22.5 Å². The molecule has 0 atom stereocenters. The first kappa shape index (κ1) is 21.8. The maximum absolute atomic E-state index is 12.4. The summed E-state index contributed by atoms with van der Waals surface area (Å²) in [7, 11) is 0. The Hall–Kier alpha value is -3.41. The van der Waals surface area contributed by atoms with E-state index in [-0.39, 0.29) is 12.3 Å².